The molecule has 106 valence electrons. The van der Waals surface area contributed by atoms with Crippen LogP contribution in [0.2, 0.25) is 0 Å². The van der Waals surface area contributed by atoms with Gasteiger partial charge < -0.3 is 15.1 Å². The Morgan fingerprint density at radius 3 is 2.68 bits per heavy atom. The van der Waals surface area contributed by atoms with Crippen LogP contribution in [0.15, 0.2) is 24.3 Å². The van der Waals surface area contributed by atoms with Crippen LogP contribution >= 0.6 is 0 Å². The normalized spacial score (nSPS) is 16.5. The third-order valence-electron chi connectivity index (χ3n) is 3.69. The molecule has 0 unspecified atom stereocenters. The van der Waals surface area contributed by atoms with Gasteiger partial charge in [-0.25, -0.2) is 4.39 Å². The fraction of sp³-hybridized carbons (Fsp3) is 0.600. The number of nitrogens with one attached hydrogen (secondary N) is 1. The predicted octanol–water partition coefficient (Wildman–Crippen LogP) is 1.95. The van der Waals surface area contributed by atoms with E-state index >= 15 is 0 Å². The van der Waals surface area contributed by atoms with Crippen molar-refractivity contribution in [1.29, 1.82) is 0 Å². The molecule has 1 aliphatic heterocycles. The second kappa shape index (κ2) is 7.46. The van der Waals surface area contributed by atoms with Crippen molar-refractivity contribution in [1.82, 2.24) is 10.2 Å². The number of benzene rings is 1. The number of halogens is 1. The number of para-hydroxylation sites is 1. The van der Waals surface area contributed by atoms with Gasteiger partial charge in [-0.1, -0.05) is 12.1 Å². The van der Waals surface area contributed by atoms with Crippen LogP contribution in [0.5, 0.6) is 0 Å². The third kappa shape index (κ3) is 4.48. The Hall–Kier alpha value is -1.13. The first-order valence-corrected chi connectivity index (χ1v) is 7.16. The summed E-state index contributed by atoms with van der Waals surface area (Å²) in [6, 6.07) is 6.98. The van der Waals surface area contributed by atoms with E-state index in [0.717, 1.165) is 45.7 Å². The molecule has 1 aromatic rings. The third-order valence-corrected chi connectivity index (χ3v) is 3.69. The van der Waals surface area contributed by atoms with Crippen molar-refractivity contribution >= 4 is 5.69 Å². The highest BCUT2D eigenvalue weighted by Gasteiger charge is 2.09. The average Bonchev–Trinajstić information content (AvgIpc) is 2.45. The predicted molar refractivity (Wildman–Crippen MR) is 78.2 cm³/mol. The maximum Gasteiger partial charge on any atom is 0.146 e. The van der Waals surface area contributed by atoms with E-state index in [0.29, 0.717) is 5.69 Å². The molecule has 1 heterocycles. The summed E-state index contributed by atoms with van der Waals surface area (Å²) >= 11 is 0. The minimum absolute atomic E-state index is 0.132. The first kappa shape index (κ1) is 14.3. The SMILES string of the molecule is CN(CCCCN1CCNCC1)c1ccccc1F. The van der Waals surface area contributed by atoms with Crippen LogP contribution in [-0.2, 0) is 0 Å². The Bertz CT molecular complexity index is 377. The van der Waals surface area contributed by atoms with Crippen molar-refractivity contribution in [3.05, 3.63) is 30.1 Å². The van der Waals surface area contributed by atoms with Gasteiger partial charge in [-0.2, -0.15) is 0 Å². The van der Waals surface area contributed by atoms with Crippen LogP contribution in [0.4, 0.5) is 10.1 Å². The van der Waals surface area contributed by atoms with Gasteiger partial charge in [-0.05, 0) is 31.5 Å². The molecule has 2 rings (SSSR count). The summed E-state index contributed by atoms with van der Waals surface area (Å²) in [6.45, 7) is 6.59. The van der Waals surface area contributed by atoms with Gasteiger partial charge in [0.25, 0.3) is 0 Å². The van der Waals surface area contributed by atoms with Gasteiger partial charge in [-0.3, -0.25) is 0 Å². The van der Waals surface area contributed by atoms with Crippen LogP contribution in [0.25, 0.3) is 0 Å². The van der Waals surface area contributed by atoms with E-state index < -0.39 is 0 Å². The van der Waals surface area contributed by atoms with Gasteiger partial charge in [0.1, 0.15) is 5.82 Å². The molecule has 1 aromatic carbocycles. The molecular weight excluding hydrogens is 241 g/mol. The number of hydrogen-bond donors (Lipinski definition) is 1. The second-order valence-electron chi connectivity index (χ2n) is 5.17. The highest BCUT2D eigenvalue weighted by molar-refractivity contribution is 5.46. The molecule has 0 aromatic heterocycles. The van der Waals surface area contributed by atoms with Crippen LogP contribution in [0, 0.1) is 5.82 Å². The summed E-state index contributed by atoms with van der Waals surface area (Å²) in [7, 11) is 1.96. The Morgan fingerprint density at radius 2 is 1.95 bits per heavy atom. The van der Waals surface area contributed by atoms with E-state index in [1.165, 1.54) is 12.5 Å². The minimum Gasteiger partial charge on any atom is -0.372 e. The summed E-state index contributed by atoms with van der Waals surface area (Å²) in [5.74, 6) is -0.132. The molecule has 0 atom stereocenters. The fourth-order valence-corrected chi connectivity index (χ4v) is 2.50. The van der Waals surface area contributed by atoms with Crippen molar-refractivity contribution in [2.45, 2.75) is 12.8 Å². The number of unbranched alkanes of at least 4 members (excludes halogenated alkanes) is 1. The van der Waals surface area contributed by atoms with E-state index in [4.69, 9.17) is 0 Å². The lowest BCUT2D eigenvalue weighted by Gasteiger charge is -2.27. The zero-order valence-corrected chi connectivity index (χ0v) is 11.7. The Balaban J connectivity index is 1.66. The molecule has 0 aliphatic carbocycles. The Morgan fingerprint density at radius 1 is 1.21 bits per heavy atom. The fourth-order valence-electron chi connectivity index (χ4n) is 2.50. The number of rotatable bonds is 6. The van der Waals surface area contributed by atoms with Gasteiger partial charge >= 0.3 is 0 Å². The monoisotopic (exact) mass is 265 g/mol. The number of nitrogens with zero attached hydrogens (tertiary/aromatic N) is 2. The molecule has 0 amide bonds. The lowest BCUT2D eigenvalue weighted by Crippen LogP contribution is -2.43. The maximum absolute atomic E-state index is 13.6. The lowest BCUT2D eigenvalue weighted by molar-refractivity contribution is 0.237. The number of hydrogen-bond acceptors (Lipinski definition) is 3. The Labute approximate surface area is 115 Å². The zero-order chi connectivity index (χ0) is 13.5. The largest absolute Gasteiger partial charge is 0.372 e. The maximum atomic E-state index is 13.6. The molecule has 0 radical (unpaired) electrons. The van der Waals surface area contributed by atoms with Crippen molar-refractivity contribution in [2.75, 3.05) is 51.2 Å². The summed E-state index contributed by atoms with van der Waals surface area (Å²) in [6.07, 6.45) is 2.29. The molecule has 0 bridgehead atoms. The van der Waals surface area contributed by atoms with Crippen molar-refractivity contribution in [3.63, 3.8) is 0 Å². The van der Waals surface area contributed by atoms with Crippen LogP contribution in [0.3, 0.4) is 0 Å². The molecule has 0 saturated carbocycles. The lowest BCUT2D eigenvalue weighted by atomic mass is 10.2. The Kier molecular flexibility index (Phi) is 5.61. The van der Waals surface area contributed by atoms with Gasteiger partial charge in [-0.15, -0.1) is 0 Å². The molecule has 19 heavy (non-hydrogen) atoms. The molecule has 1 fully saturated rings. The van der Waals surface area contributed by atoms with E-state index in [1.807, 2.05) is 24.1 Å². The molecule has 1 saturated heterocycles. The molecule has 4 heteroatoms. The highest BCUT2D eigenvalue weighted by Crippen LogP contribution is 2.17. The van der Waals surface area contributed by atoms with Gasteiger partial charge in [0.15, 0.2) is 0 Å². The van der Waals surface area contributed by atoms with Crippen molar-refractivity contribution in [2.24, 2.45) is 0 Å². The quantitative estimate of drug-likeness (QED) is 0.793. The number of anilines is 1. The summed E-state index contributed by atoms with van der Waals surface area (Å²) in [4.78, 5) is 4.51. The smallest absolute Gasteiger partial charge is 0.146 e. The van der Waals surface area contributed by atoms with E-state index in [1.54, 1.807) is 6.07 Å². The first-order chi connectivity index (χ1) is 9.27. The van der Waals surface area contributed by atoms with Crippen LogP contribution in [0.1, 0.15) is 12.8 Å². The second-order valence-corrected chi connectivity index (χ2v) is 5.17. The van der Waals surface area contributed by atoms with E-state index in [2.05, 4.69) is 10.2 Å². The standard InChI is InChI=1S/C15H24FN3/c1-18(15-7-3-2-6-14(15)16)10-4-5-11-19-12-8-17-9-13-19/h2-3,6-7,17H,4-5,8-13H2,1H3. The minimum atomic E-state index is -0.132. The highest BCUT2D eigenvalue weighted by atomic mass is 19.1. The average molecular weight is 265 g/mol. The van der Waals surface area contributed by atoms with Gasteiger partial charge in [0, 0.05) is 39.8 Å². The molecular formula is C15H24FN3. The molecule has 1 N–H and O–H groups in total. The van der Waals surface area contributed by atoms with E-state index in [-0.39, 0.29) is 5.82 Å². The molecule has 1 aliphatic rings. The van der Waals surface area contributed by atoms with Crippen LogP contribution < -0.4 is 10.2 Å². The summed E-state index contributed by atoms with van der Waals surface area (Å²) in [5.41, 5.74) is 0.699. The number of piperazine rings is 1. The van der Waals surface area contributed by atoms with Gasteiger partial charge in [0.05, 0.1) is 5.69 Å². The van der Waals surface area contributed by atoms with Crippen molar-refractivity contribution in [3.8, 4) is 0 Å². The first-order valence-electron chi connectivity index (χ1n) is 7.16. The van der Waals surface area contributed by atoms with Gasteiger partial charge in [0.2, 0.25) is 0 Å². The molecule has 3 nitrogen and oxygen atoms in total. The topological polar surface area (TPSA) is 18.5 Å². The zero-order valence-electron chi connectivity index (χ0n) is 11.7. The molecule has 0 spiro atoms. The van der Waals surface area contributed by atoms with E-state index in [9.17, 15) is 4.39 Å². The summed E-state index contributed by atoms with van der Waals surface area (Å²) in [5, 5.41) is 3.36. The van der Waals surface area contributed by atoms with Crippen LogP contribution in [-0.4, -0.2) is 51.2 Å². The van der Waals surface area contributed by atoms with Crippen molar-refractivity contribution < 1.29 is 4.39 Å². The summed E-state index contributed by atoms with van der Waals surface area (Å²) < 4.78 is 13.6.